The van der Waals surface area contributed by atoms with Gasteiger partial charge < -0.3 is 14.0 Å². The summed E-state index contributed by atoms with van der Waals surface area (Å²) in [5, 5.41) is 1.32. The number of benzene rings is 7. The van der Waals surface area contributed by atoms with Crippen molar-refractivity contribution in [2.24, 2.45) is 0 Å². The maximum atomic E-state index is 8.48. The summed E-state index contributed by atoms with van der Waals surface area (Å²) in [6, 6.07) is 56.5. The number of nitrogens with zero attached hydrogens (tertiary/aromatic N) is 3. The van der Waals surface area contributed by atoms with E-state index in [4.69, 9.17) is 19.0 Å². The first-order chi connectivity index (χ1) is 33.3. The molecule has 321 valence electrons. The fourth-order valence-electron chi connectivity index (χ4n) is 8.40. The molecule has 3 heterocycles. The number of aryl methyl sites for hydroxylation is 2. The number of imidazole rings is 1. The Morgan fingerprint density at radius 3 is 1.94 bits per heavy atom. The van der Waals surface area contributed by atoms with Crippen LogP contribution in [0.5, 0.6) is 0 Å². The Bertz CT molecular complexity index is 3470. The average Bonchev–Trinajstić information content (AvgIpc) is 3.92. The Balaban J connectivity index is 0.000000271. The number of aromatic nitrogens is 3. The third-order valence-electron chi connectivity index (χ3n) is 11.6. The van der Waals surface area contributed by atoms with E-state index in [0.29, 0.717) is 39.2 Å². The molecule has 1 radical (unpaired) electrons. The van der Waals surface area contributed by atoms with Crippen molar-refractivity contribution in [3.63, 3.8) is 0 Å². The molecule has 0 unspecified atom stereocenters. The smallest absolute Gasteiger partial charge is 0.121 e. The van der Waals surface area contributed by atoms with Gasteiger partial charge >= 0.3 is 0 Å². The molecule has 64 heavy (non-hydrogen) atoms. The van der Waals surface area contributed by atoms with E-state index in [2.05, 4.69) is 104 Å². The average molecular weight is 1020 g/mol. The van der Waals surface area contributed by atoms with Gasteiger partial charge in [-0.2, -0.15) is 0 Å². The van der Waals surface area contributed by atoms with Gasteiger partial charge in [-0.05, 0) is 105 Å². The van der Waals surface area contributed by atoms with Crippen LogP contribution in [0.25, 0.3) is 83.6 Å². The third-order valence-corrected chi connectivity index (χ3v) is 11.6. The topological polar surface area (TPSA) is 43.9 Å². The Kier molecular flexibility index (Phi) is 10.6. The van der Waals surface area contributed by atoms with Crippen molar-refractivity contribution in [1.29, 1.82) is 0 Å². The minimum Gasteiger partial charge on any atom is -0.501 e. The van der Waals surface area contributed by atoms with Crippen molar-refractivity contribution < 1.29 is 34.1 Å². The first-order valence-electron chi connectivity index (χ1n) is 25.0. The van der Waals surface area contributed by atoms with Gasteiger partial charge in [-0.1, -0.05) is 150 Å². The van der Waals surface area contributed by atoms with Gasteiger partial charge in [0.1, 0.15) is 5.58 Å². The molecular weight excluding hydrogens is 959 g/mol. The van der Waals surface area contributed by atoms with E-state index < -0.39 is 19.6 Å². The fourth-order valence-corrected chi connectivity index (χ4v) is 8.40. The number of para-hydroxylation sites is 2. The Morgan fingerprint density at radius 2 is 1.30 bits per heavy atom. The standard InChI is InChI=1S/C44H37N2O.C15H16N.Ir/c1-27(2)36-24-33(31-16-10-7-11-17-31)25-37(28(3)4)42(36)46-39-19-13-12-18-38(39)45-44(46)35-22-20-29(5)41-34-23-21-32(26-40(34)47-43(35)41)30-14-8-6-9-15-30;1-11(2)14-9-15(16-10-12(14)3)13-7-5-4-6-8-13;/h6-21,23-28H,1-5H3;4-7,9-11H,1-3H3;/q2*-1;/i5D3;3D3,11D;. The predicted octanol–water partition coefficient (Wildman–Crippen LogP) is 16.3. The summed E-state index contributed by atoms with van der Waals surface area (Å²) in [4.78, 5) is 9.46. The fraction of sp³-hybridized carbons (Fsp3) is 0.186. The zero-order valence-electron chi connectivity index (χ0n) is 43.7. The van der Waals surface area contributed by atoms with Gasteiger partial charge in [-0.15, -0.1) is 53.6 Å². The normalized spacial score (nSPS) is 13.6. The number of pyridine rings is 1. The summed E-state index contributed by atoms with van der Waals surface area (Å²) in [5.74, 6) is 0.0530. The monoisotopic (exact) mass is 1020 g/mol. The summed E-state index contributed by atoms with van der Waals surface area (Å²) >= 11 is 0. The van der Waals surface area contributed by atoms with E-state index in [-0.39, 0.29) is 43.1 Å². The Hall–Kier alpha value is -6.39. The molecular formula is C59H53IrN3O-2. The van der Waals surface area contributed by atoms with Gasteiger partial charge in [0.2, 0.25) is 0 Å². The molecule has 0 saturated carbocycles. The number of fused-ring (bicyclic) bond motifs is 4. The molecule has 7 aromatic carbocycles. The van der Waals surface area contributed by atoms with Crippen LogP contribution in [0.15, 0.2) is 162 Å². The zero-order chi connectivity index (χ0) is 49.7. The minimum atomic E-state index is -2.37. The van der Waals surface area contributed by atoms with Crippen molar-refractivity contribution in [1.82, 2.24) is 14.5 Å². The zero-order valence-corrected chi connectivity index (χ0v) is 39.1. The molecule has 10 aromatic rings. The number of hydrogen-bond donors (Lipinski definition) is 0. The van der Waals surface area contributed by atoms with Crippen LogP contribution in [-0.4, -0.2) is 14.5 Å². The van der Waals surface area contributed by atoms with Crippen LogP contribution in [-0.2, 0) is 20.1 Å². The molecule has 0 aliphatic carbocycles. The van der Waals surface area contributed by atoms with Crippen LogP contribution in [0.3, 0.4) is 0 Å². The summed E-state index contributed by atoms with van der Waals surface area (Å²) in [6.07, 6.45) is 1.36. The third kappa shape index (κ3) is 8.51. The van der Waals surface area contributed by atoms with E-state index in [1.807, 2.05) is 78.9 Å². The SMILES string of the molecule is [2H]C([2H])([2H])c1c[c-]c(-c2nc3ccccc3n2-c2c(C(C)C)cc(-c3ccccc3)cc2C(C)C)c2oc3cc(-c4ccccc4)ccc3c12.[2H]C([2H])([2H])c1cnc(-c2[c-]cccc2)cc1C([2H])(C)C.[Ir]. The molecule has 10 rings (SSSR count). The van der Waals surface area contributed by atoms with E-state index in [9.17, 15) is 0 Å². The second-order valence-electron chi connectivity index (χ2n) is 16.8. The van der Waals surface area contributed by atoms with Crippen molar-refractivity contribution in [2.45, 2.75) is 73.0 Å². The van der Waals surface area contributed by atoms with Crippen molar-refractivity contribution >= 4 is 33.0 Å². The van der Waals surface area contributed by atoms with Crippen LogP contribution in [0.1, 0.15) is 96.7 Å². The number of hydrogen-bond acceptors (Lipinski definition) is 3. The van der Waals surface area contributed by atoms with E-state index in [1.54, 1.807) is 32.0 Å². The molecule has 0 amide bonds. The maximum absolute atomic E-state index is 8.48. The molecule has 0 aliphatic rings. The molecule has 0 fully saturated rings. The molecule has 0 bridgehead atoms. The van der Waals surface area contributed by atoms with E-state index >= 15 is 0 Å². The van der Waals surface area contributed by atoms with Gasteiger partial charge in [0.05, 0.1) is 22.4 Å². The van der Waals surface area contributed by atoms with Crippen LogP contribution < -0.4 is 0 Å². The molecule has 0 aliphatic heterocycles. The summed E-state index contributed by atoms with van der Waals surface area (Å²) in [5.41, 5.74) is 13.6. The molecule has 0 saturated heterocycles. The number of furan rings is 1. The largest absolute Gasteiger partial charge is 0.501 e. The van der Waals surface area contributed by atoms with Crippen LogP contribution in [0.4, 0.5) is 0 Å². The minimum absolute atomic E-state index is 0. The van der Waals surface area contributed by atoms with Gasteiger partial charge in [0.15, 0.2) is 0 Å². The van der Waals surface area contributed by atoms with Crippen LogP contribution >= 0.6 is 0 Å². The van der Waals surface area contributed by atoms with Crippen molar-refractivity contribution in [2.75, 3.05) is 0 Å². The second kappa shape index (κ2) is 18.8. The quantitative estimate of drug-likeness (QED) is 0.142. The van der Waals surface area contributed by atoms with Gasteiger partial charge in [-0.25, -0.2) is 0 Å². The number of rotatable bonds is 8. The molecule has 0 N–H and O–H groups in total. The molecule has 4 nitrogen and oxygen atoms in total. The van der Waals surface area contributed by atoms with E-state index in [0.717, 1.165) is 38.8 Å². The summed E-state index contributed by atoms with van der Waals surface area (Å²) in [6.45, 7) is 7.65. The molecule has 0 spiro atoms. The van der Waals surface area contributed by atoms with Gasteiger partial charge in [0.25, 0.3) is 0 Å². The van der Waals surface area contributed by atoms with Crippen LogP contribution in [0.2, 0.25) is 0 Å². The van der Waals surface area contributed by atoms with E-state index in [1.165, 1.54) is 28.5 Å². The first kappa shape index (κ1) is 36.0. The Labute approximate surface area is 401 Å². The molecule has 5 heteroatoms. The van der Waals surface area contributed by atoms with Crippen LogP contribution in [0, 0.1) is 25.8 Å². The van der Waals surface area contributed by atoms with Gasteiger partial charge in [0, 0.05) is 47.0 Å². The molecule has 0 atom stereocenters. The summed E-state index contributed by atoms with van der Waals surface area (Å²) in [7, 11) is 0. The maximum Gasteiger partial charge on any atom is 0.121 e. The van der Waals surface area contributed by atoms with Crippen molar-refractivity contribution in [3.05, 3.63) is 198 Å². The second-order valence-corrected chi connectivity index (χ2v) is 16.8. The summed E-state index contributed by atoms with van der Waals surface area (Å²) < 4.78 is 65.3. The molecule has 3 aromatic heterocycles. The van der Waals surface area contributed by atoms with Gasteiger partial charge in [-0.3, -0.25) is 4.98 Å². The predicted molar refractivity (Wildman–Crippen MR) is 264 cm³/mol. The first-order valence-corrected chi connectivity index (χ1v) is 21.5. The Morgan fingerprint density at radius 1 is 0.641 bits per heavy atom. The van der Waals surface area contributed by atoms with Crippen molar-refractivity contribution in [3.8, 4) is 50.6 Å².